The fourth-order valence-electron chi connectivity index (χ4n) is 4.82. The lowest BCUT2D eigenvalue weighted by Crippen LogP contribution is -2.42. The smallest absolute Gasteiger partial charge is 0.318 e. The highest BCUT2D eigenvalue weighted by molar-refractivity contribution is 5.92. The second-order valence-corrected chi connectivity index (χ2v) is 9.28. The molecule has 0 unspecified atom stereocenters. The predicted octanol–water partition coefficient (Wildman–Crippen LogP) is 4.62. The highest BCUT2D eigenvalue weighted by Gasteiger charge is 2.37. The van der Waals surface area contributed by atoms with Gasteiger partial charge in [-0.3, -0.25) is 4.79 Å². The summed E-state index contributed by atoms with van der Waals surface area (Å²) in [6, 6.07) is 18.5. The zero-order chi connectivity index (χ0) is 25.4. The Kier molecular flexibility index (Phi) is 6.20. The van der Waals surface area contributed by atoms with E-state index in [1.165, 1.54) is 0 Å². The molecular formula is C28H28N4O4. The molecule has 5 rings (SSSR count). The minimum atomic E-state index is -0.642. The van der Waals surface area contributed by atoms with E-state index in [0.717, 1.165) is 33.2 Å². The molecule has 4 N–H and O–H groups in total. The van der Waals surface area contributed by atoms with Crippen molar-refractivity contribution in [2.24, 2.45) is 5.73 Å². The standard InChI is InChI=1S/C28H28N4O4/c1-16(2)30-28(35)32-15-20-13-21(27(29)34)31-26(25(20)22(32)10-11-33)19-8-5-7-17(12-19)24-14-18-6-3-4-9-23(18)36-24/h3-9,12-14,16,22,33H,10-11,15H2,1-2H3,(H2,29,34)(H,30,35)/t22-/m1/s1. The topological polar surface area (TPSA) is 122 Å². The number of amides is 3. The van der Waals surface area contributed by atoms with Crippen LogP contribution in [0.1, 0.15) is 47.9 Å². The third-order valence-corrected chi connectivity index (χ3v) is 6.37. The molecular weight excluding hydrogens is 456 g/mol. The van der Waals surface area contributed by atoms with Gasteiger partial charge in [-0.25, -0.2) is 9.78 Å². The van der Waals surface area contributed by atoms with Gasteiger partial charge in [0, 0.05) is 41.3 Å². The molecule has 4 aromatic rings. The number of nitrogens with zero attached hydrogens (tertiary/aromatic N) is 2. The van der Waals surface area contributed by atoms with Gasteiger partial charge in [-0.2, -0.15) is 0 Å². The van der Waals surface area contributed by atoms with Crippen LogP contribution in [-0.4, -0.2) is 39.6 Å². The Labute approximate surface area is 208 Å². The predicted molar refractivity (Wildman–Crippen MR) is 137 cm³/mol. The number of aliphatic hydroxyl groups is 1. The molecule has 0 fully saturated rings. The number of hydrogen-bond donors (Lipinski definition) is 3. The minimum absolute atomic E-state index is 0.0461. The molecule has 36 heavy (non-hydrogen) atoms. The summed E-state index contributed by atoms with van der Waals surface area (Å²) in [5.74, 6) is 0.0712. The van der Waals surface area contributed by atoms with Crippen LogP contribution in [0.4, 0.5) is 4.79 Å². The average molecular weight is 485 g/mol. The van der Waals surface area contributed by atoms with E-state index in [-0.39, 0.29) is 30.9 Å². The van der Waals surface area contributed by atoms with Crippen molar-refractivity contribution in [1.29, 1.82) is 0 Å². The molecule has 0 saturated carbocycles. The number of nitrogens with one attached hydrogen (secondary N) is 1. The van der Waals surface area contributed by atoms with Crippen molar-refractivity contribution in [2.45, 2.75) is 38.9 Å². The maximum atomic E-state index is 13.0. The monoisotopic (exact) mass is 484 g/mol. The number of urea groups is 1. The van der Waals surface area contributed by atoms with E-state index in [4.69, 9.17) is 10.2 Å². The summed E-state index contributed by atoms with van der Waals surface area (Å²) in [5, 5.41) is 13.8. The number of para-hydroxylation sites is 1. The molecule has 184 valence electrons. The van der Waals surface area contributed by atoms with Gasteiger partial charge in [0.25, 0.3) is 5.91 Å². The van der Waals surface area contributed by atoms with E-state index in [0.29, 0.717) is 17.9 Å². The Morgan fingerprint density at radius 3 is 2.64 bits per heavy atom. The van der Waals surface area contributed by atoms with Crippen molar-refractivity contribution < 1.29 is 19.1 Å². The van der Waals surface area contributed by atoms with Crippen LogP contribution in [0.2, 0.25) is 0 Å². The summed E-state index contributed by atoms with van der Waals surface area (Å²) < 4.78 is 6.06. The lowest BCUT2D eigenvalue weighted by atomic mass is 9.94. The van der Waals surface area contributed by atoms with Crippen molar-refractivity contribution in [1.82, 2.24) is 15.2 Å². The molecule has 1 aliphatic heterocycles. The van der Waals surface area contributed by atoms with Gasteiger partial charge >= 0.3 is 6.03 Å². The molecule has 0 saturated heterocycles. The summed E-state index contributed by atoms with van der Waals surface area (Å²) >= 11 is 0. The Balaban J connectivity index is 1.63. The largest absolute Gasteiger partial charge is 0.456 e. The number of rotatable bonds is 6. The van der Waals surface area contributed by atoms with E-state index in [9.17, 15) is 14.7 Å². The number of fused-ring (bicyclic) bond motifs is 2. The van der Waals surface area contributed by atoms with Crippen LogP contribution in [0, 0.1) is 0 Å². The molecule has 8 nitrogen and oxygen atoms in total. The van der Waals surface area contributed by atoms with Crippen LogP contribution < -0.4 is 11.1 Å². The van der Waals surface area contributed by atoms with Crippen LogP contribution >= 0.6 is 0 Å². The fraction of sp³-hybridized carbons (Fsp3) is 0.250. The summed E-state index contributed by atoms with van der Waals surface area (Å²) in [4.78, 5) is 31.5. The van der Waals surface area contributed by atoms with E-state index in [1.54, 1.807) is 11.0 Å². The lowest BCUT2D eigenvalue weighted by molar-refractivity contribution is 0.0995. The van der Waals surface area contributed by atoms with Crippen molar-refractivity contribution >= 4 is 22.9 Å². The van der Waals surface area contributed by atoms with Gasteiger partial charge in [0.1, 0.15) is 17.0 Å². The van der Waals surface area contributed by atoms with E-state index < -0.39 is 11.9 Å². The third-order valence-electron chi connectivity index (χ3n) is 6.37. The lowest BCUT2D eigenvalue weighted by Gasteiger charge is -2.26. The van der Waals surface area contributed by atoms with Gasteiger partial charge in [0.15, 0.2) is 0 Å². The second-order valence-electron chi connectivity index (χ2n) is 9.28. The molecule has 3 amide bonds. The molecule has 0 bridgehead atoms. The molecule has 0 aliphatic carbocycles. The van der Waals surface area contributed by atoms with Gasteiger partial charge in [0.2, 0.25) is 0 Å². The van der Waals surface area contributed by atoms with Crippen LogP contribution in [0.5, 0.6) is 0 Å². The first-order valence-corrected chi connectivity index (χ1v) is 12.0. The quantitative estimate of drug-likeness (QED) is 0.369. The number of furan rings is 1. The number of aliphatic hydroxyl groups excluding tert-OH is 1. The van der Waals surface area contributed by atoms with Crippen molar-refractivity contribution in [3.05, 3.63) is 77.5 Å². The SMILES string of the molecule is CC(C)NC(=O)N1Cc2cc(C(N)=O)nc(-c3cccc(-c4cc5ccccc5o4)c3)c2[C@H]1CCO. The minimum Gasteiger partial charge on any atom is -0.456 e. The molecule has 3 heterocycles. The molecule has 1 atom stereocenters. The van der Waals surface area contributed by atoms with Gasteiger partial charge in [-0.05, 0) is 50.1 Å². The number of benzene rings is 2. The number of carbonyl (C=O) groups excluding carboxylic acids is 2. The summed E-state index contributed by atoms with van der Waals surface area (Å²) in [5.41, 5.74) is 10.3. The van der Waals surface area contributed by atoms with E-state index in [1.807, 2.05) is 68.4 Å². The van der Waals surface area contributed by atoms with Gasteiger partial charge in [0.05, 0.1) is 11.7 Å². The Morgan fingerprint density at radius 2 is 1.92 bits per heavy atom. The molecule has 0 radical (unpaired) electrons. The first-order chi connectivity index (χ1) is 17.4. The average Bonchev–Trinajstić information content (AvgIpc) is 3.45. The van der Waals surface area contributed by atoms with Gasteiger partial charge in [-0.1, -0.05) is 36.4 Å². The van der Waals surface area contributed by atoms with Gasteiger partial charge < -0.3 is 25.5 Å². The van der Waals surface area contributed by atoms with Crippen LogP contribution in [0.25, 0.3) is 33.6 Å². The van der Waals surface area contributed by atoms with Crippen molar-refractivity contribution in [2.75, 3.05) is 6.61 Å². The Hall–Kier alpha value is -4.17. The van der Waals surface area contributed by atoms with Crippen LogP contribution in [0.3, 0.4) is 0 Å². The molecule has 2 aromatic heterocycles. The molecule has 0 spiro atoms. The Bertz CT molecular complexity index is 1430. The number of primary amides is 1. The molecule has 8 heteroatoms. The van der Waals surface area contributed by atoms with E-state index >= 15 is 0 Å². The number of hydrogen-bond acceptors (Lipinski definition) is 5. The second kappa shape index (κ2) is 9.47. The third kappa shape index (κ3) is 4.31. The Morgan fingerprint density at radius 1 is 1.14 bits per heavy atom. The fourth-order valence-corrected chi connectivity index (χ4v) is 4.82. The maximum absolute atomic E-state index is 13.0. The van der Waals surface area contributed by atoms with Crippen molar-refractivity contribution in [3.8, 4) is 22.6 Å². The molecule has 1 aliphatic rings. The summed E-state index contributed by atoms with van der Waals surface area (Å²) in [6.07, 6.45) is 0.340. The maximum Gasteiger partial charge on any atom is 0.318 e. The molecule has 2 aromatic carbocycles. The highest BCUT2D eigenvalue weighted by Crippen LogP contribution is 2.42. The van der Waals surface area contributed by atoms with Crippen LogP contribution in [-0.2, 0) is 6.54 Å². The van der Waals surface area contributed by atoms with Gasteiger partial charge in [-0.15, -0.1) is 0 Å². The first-order valence-electron chi connectivity index (χ1n) is 12.0. The zero-order valence-corrected chi connectivity index (χ0v) is 20.2. The van der Waals surface area contributed by atoms with Crippen LogP contribution in [0.15, 0.2) is 65.1 Å². The number of aromatic nitrogens is 1. The number of carbonyl (C=O) groups is 2. The normalized spacial score (nSPS) is 14.9. The first kappa shape index (κ1) is 23.6. The summed E-state index contributed by atoms with van der Waals surface area (Å²) in [7, 11) is 0. The van der Waals surface area contributed by atoms with E-state index in [2.05, 4.69) is 10.3 Å². The van der Waals surface area contributed by atoms with Crippen molar-refractivity contribution in [3.63, 3.8) is 0 Å². The number of pyridine rings is 1. The highest BCUT2D eigenvalue weighted by atomic mass is 16.3. The zero-order valence-electron chi connectivity index (χ0n) is 20.2. The number of nitrogens with two attached hydrogens (primary N) is 1. The summed E-state index contributed by atoms with van der Waals surface area (Å²) in [6.45, 7) is 3.97.